The first-order valence-electron chi connectivity index (χ1n) is 7.85. The van der Waals surface area contributed by atoms with E-state index < -0.39 is 0 Å². The van der Waals surface area contributed by atoms with Gasteiger partial charge in [0.25, 0.3) is 0 Å². The Labute approximate surface area is 143 Å². The lowest BCUT2D eigenvalue weighted by atomic mass is 10.3. The highest BCUT2D eigenvalue weighted by Gasteiger charge is 2.23. The third kappa shape index (κ3) is 2.90. The summed E-state index contributed by atoms with van der Waals surface area (Å²) < 4.78 is 0. The summed E-state index contributed by atoms with van der Waals surface area (Å²) in [6.07, 6.45) is 1.61. The number of hydrogen-bond acceptors (Lipinski definition) is 5. The standard InChI is InChI=1S/C17H17N5OS/c23-17(20-13-4-2-1-3-5-13)22-9-7-21(8-10-22)15-14-6-11-24-16(14)19-12-18-15/h1-6,11-12H,7-10H2,(H,20,23). The Morgan fingerprint density at radius 3 is 2.62 bits per heavy atom. The van der Waals surface area contributed by atoms with E-state index in [1.165, 1.54) is 0 Å². The normalized spacial score (nSPS) is 14.8. The molecule has 3 aromatic rings. The summed E-state index contributed by atoms with van der Waals surface area (Å²) >= 11 is 1.62. The molecular weight excluding hydrogens is 322 g/mol. The average Bonchev–Trinajstić information content (AvgIpc) is 3.11. The van der Waals surface area contributed by atoms with Gasteiger partial charge < -0.3 is 15.1 Å². The van der Waals surface area contributed by atoms with Crippen molar-refractivity contribution in [1.82, 2.24) is 14.9 Å². The Morgan fingerprint density at radius 1 is 1.04 bits per heavy atom. The van der Waals surface area contributed by atoms with Crippen LogP contribution in [0.4, 0.5) is 16.3 Å². The number of rotatable bonds is 2. The maximum Gasteiger partial charge on any atom is 0.321 e. The lowest BCUT2D eigenvalue weighted by molar-refractivity contribution is 0.208. The van der Waals surface area contributed by atoms with Gasteiger partial charge >= 0.3 is 6.03 Å². The summed E-state index contributed by atoms with van der Waals surface area (Å²) in [7, 11) is 0. The third-order valence-electron chi connectivity index (χ3n) is 4.13. The third-order valence-corrected chi connectivity index (χ3v) is 4.95. The molecule has 0 saturated carbocycles. The van der Waals surface area contributed by atoms with E-state index in [0.29, 0.717) is 13.1 Å². The van der Waals surface area contributed by atoms with Crippen LogP contribution in [-0.2, 0) is 0 Å². The SMILES string of the molecule is O=C(Nc1ccccc1)N1CCN(c2ncnc3sccc23)CC1. The summed E-state index contributed by atoms with van der Waals surface area (Å²) in [5.41, 5.74) is 0.820. The molecule has 1 aliphatic heterocycles. The van der Waals surface area contributed by atoms with E-state index in [1.54, 1.807) is 17.7 Å². The molecule has 7 heteroatoms. The van der Waals surface area contributed by atoms with Crippen LogP contribution >= 0.6 is 11.3 Å². The van der Waals surface area contributed by atoms with Gasteiger partial charge in [-0.3, -0.25) is 0 Å². The Kier molecular flexibility index (Phi) is 4.00. The summed E-state index contributed by atoms with van der Waals surface area (Å²) in [5, 5.41) is 6.06. The van der Waals surface area contributed by atoms with E-state index in [4.69, 9.17) is 0 Å². The van der Waals surface area contributed by atoms with Crippen LogP contribution in [-0.4, -0.2) is 47.1 Å². The number of anilines is 2. The van der Waals surface area contributed by atoms with Gasteiger partial charge in [0.2, 0.25) is 0 Å². The quantitative estimate of drug-likeness (QED) is 0.779. The zero-order valence-corrected chi connectivity index (χ0v) is 13.9. The van der Waals surface area contributed by atoms with Crippen molar-refractivity contribution in [3.63, 3.8) is 0 Å². The van der Waals surface area contributed by atoms with Crippen molar-refractivity contribution in [1.29, 1.82) is 0 Å². The minimum atomic E-state index is -0.0517. The number of nitrogens with one attached hydrogen (secondary N) is 1. The molecule has 1 saturated heterocycles. The predicted molar refractivity (Wildman–Crippen MR) is 96.7 cm³/mol. The molecule has 0 unspecified atom stereocenters. The first kappa shape index (κ1) is 14.9. The second-order valence-electron chi connectivity index (χ2n) is 5.61. The highest BCUT2D eigenvalue weighted by molar-refractivity contribution is 7.16. The fraction of sp³-hybridized carbons (Fsp3) is 0.235. The summed E-state index contributed by atoms with van der Waals surface area (Å²) in [4.78, 5) is 26.2. The fourth-order valence-corrected chi connectivity index (χ4v) is 3.60. The van der Waals surface area contributed by atoms with Gasteiger partial charge in [-0.25, -0.2) is 14.8 Å². The number of urea groups is 1. The van der Waals surface area contributed by atoms with Gasteiger partial charge in [-0.2, -0.15) is 0 Å². The molecule has 0 radical (unpaired) electrons. The van der Waals surface area contributed by atoms with Crippen LogP contribution < -0.4 is 10.2 Å². The second kappa shape index (κ2) is 6.45. The van der Waals surface area contributed by atoms with E-state index in [-0.39, 0.29) is 6.03 Å². The van der Waals surface area contributed by atoms with Gasteiger partial charge in [0.05, 0.1) is 5.39 Å². The van der Waals surface area contributed by atoms with Crippen molar-refractivity contribution >= 4 is 39.1 Å². The lowest BCUT2D eigenvalue weighted by Gasteiger charge is -2.35. The number of nitrogens with zero attached hydrogens (tertiary/aromatic N) is 4. The Balaban J connectivity index is 1.41. The fourth-order valence-electron chi connectivity index (χ4n) is 2.87. The molecule has 0 spiro atoms. The number of thiophene rings is 1. The van der Waals surface area contributed by atoms with Gasteiger partial charge in [0, 0.05) is 31.9 Å². The van der Waals surface area contributed by atoms with Crippen LogP contribution in [0.3, 0.4) is 0 Å². The van der Waals surface area contributed by atoms with Gasteiger partial charge in [0.15, 0.2) is 0 Å². The van der Waals surface area contributed by atoms with Gasteiger partial charge in [0.1, 0.15) is 17.0 Å². The van der Waals surface area contributed by atoms with Crippen molar-refractivity contribution in [2.45, 2.75) is 0 Å². The molecule has 24 heavy (non-hydrogen) atoms. The van der Waals surface area contributed by atoms with Crippen molar-refractivity contribution < 1.29 is 4.79 Å². The largest absolute Gasteiger partial charge is 0.352 e. The van der Waals surface area contributed by atoms with Crippen LogP contribution in [0.1, 0.15) is 0 Å². The maximum absolute atomic E-state index is 12.4. The van der Waals surface area contributed by atoms with Crippen LogP contribution in [0.2, 0.25) is 0 Å². The van der Waals surface area contributed by atoms with Crippen LogP contribution in [0.25, 0.3) is 10.2 Å². The van der Waals surface area contributed by atoms with E-state index in [9.17, 15) is 4.79 Å². The zero-order valence-electron chi connectivity index (χ0n) is 13.1. The minimum absolute atomic E-state index is 0.0517. The van der Waals surface area contributed by atoms with Gasteiger partial charge in [-0.1, -0.05) is 18.2 Å². The predicted octanol–water partition coefficient (Wildman–Crippen LogP) is 3.05. The molecule has 6 nitrogen and oxygen atoms in total. The first-order chi connectivity index (χ1) is 11.8. The highest BCUT2D eigenvalue weighted by atomic mass is 32.1. The summed E-state index contributed by atoms with van der Waals surface area (Å²) in [6.45, 7) is 2.89. The van der Waals surface area contributed by atoms with E-state index in [1.807, 2.05) is 40.6 Å². The molecule has 0 atom stereocenters. The molecule has 0 bridgehead atoms. The molecule has 3 heterocycles. The molecule has 1 aliphatic rings. The van der Waals surface area contributed by atoms with E-state index in [0.717, 1.165) is 34.8 Å². The molecule has 1 aromatic carbocycles. The number of benzene rings is 1. The van der Waals surface area contributed by atoms with Crippen molar-refractivity contribution in [2.24, 2.45) is 0 Å². The van der Waals surface area contributed by atoms with Crippen LogP contribution in [0, 0.1) is 0 Å². The number of carbonyl (C=O) groups excluding carboxylic acids is 1. The van der Waals surface area contributed by atoms with Crippen LogP contribution in [0.15, 0.2) is 48.1 Å². The molecule has 2 aromatic heterocycles. The van der Waals surface area contributed by atoms with Gasteiger partial charge in [-0.05, 0) is 23.6 Å². The first-order valence-corrected chi connectivity index (χ1v) is 8.73. The minimum Gasteiger partial charge on any atom is -0.352 e. The maximum atomic E-state index is 12.4. The van der Waals surface area contributed by atoms with Crippen molar-refractivity contribution in [2.75, 3.05) is 36.4 Å². The number of fused-ring (bicyclic) bond motifs is 1. The number of aromatic nitrogens is 2. The number of piperazine rings is 1. The van der Waals surface area contributed by atoms with Crippen LogP contribution in [0.5, 0.6) is 0 Å². The highest BCUT2D eigenvalue weighted by Crippen LogP contribution is 2.27. The topological polar surface area (TPSA) is 61.4 Å². The molecule has 0 aliphatic carbocycles. The van der Waals surface area contributed by atoms with E-state index in [2.05, 4.69) is 26.3 Å². The Bertz CT molecular complexity index is 842. The number of para-hydroxylation sites is 1. The Hall–Kier alpha value is -2.67. The average molecular weight is 339 g/mol. The Morgan fingerprint density at radius 2 is 1.83 bits per heavy atom. The molecular formula is C17H17N5OS. The summed E-state index contributed by atoms with van der Waals surface area (Å²) in [5.74, 6) is 0.962. The van der Waals surface area contributed by atoms with Gasteiger partial charge in [-0.15, -0.1) is 11.3 Å². The van der Waals surface area contributed by atoms with Crippen molar-refractivity contribution in [3.05, 3.63) is 48.1 Å². The molecule has 1 fully saturated rings. The molecule has 2 amide bonds. The summed E-state index contributed by atoms with van der Waals surface area (Å²) in [6, 6.07) is 11.5. The smallest absolute Gasteiger partial charge is 0.321 e. The monoisotopic (exact) mass is 339 g/mol. The molecule has 4 rings (SSSR count). The molecule has 1 N–H and O–H groups in total. The number of amides is 2. The van der Waals surface area contributed by atoms with E-state index >= 15 is 0 Å². The van der Waals surface area contributed by atoms with Crippen molar-refractivity contribution in [3.8, 4) is 0 Å². The number of carbonyl (C=O) groups is 1. The molecule has 122 valence electrons. The second-order valence-corrected chi connectivity index (χ2v) is 6.50. The zero-order chi connectivity index (χ0) is 16.4. The number of hydrogen-bond donors (Lipinski definition) is 1. The lowest BCUT2D eigenvalue weighted by Crippen LogP contribution is -2.50.